The Morgan fingerprint density at radius 2 is 1.96 bits per heavy atom. The topological polar surface area (TPSA) is 71.4 Å². The zero-order valence-electron chi connectivity index (χ0n) is 14.5. The van der Waals surface area contributed by atoms with E-state index in [4.69, 9.17) is 9.47 Å². The molecule has 2 aromatic carbocycles. The molecule has 2 heterocycles. The van der Waals surface area contributed by atoms with E-state index in [0.717, 1.165) is 17.0 Å². The van der Waals surface area contributed by atoms with Gasteiger partial charge in [0.25, 0.3) is 0 Å². The molecule has 0 radical (unpaired) electrons. The van der Waals surface area contributed by atoms with Crippen LogP contribution >= 0.6 is 0 Å². The maximum Gasteiger partial charge on any atom is 0.245 e. The molecule has 0 fully saturated rings. The molecule has 1 atom stereocenters. The number of ether oxygens (including phenoxy) is 2. The fraction of sp³-hybridized carbons (Fsp3) is 0.300. The minimum atomic E-state index is -1.42. The van der Waals surface area contributed by atoms with Crippen LogP contribution < -0.4 is 9.47 Å². The van der Waals surface area contributed by atoms with Crippen molar-refractivity contribution in [3.63, 3.8) is 0 Å². The number of hydrazone groups is 1. The summed E-state index contributed by atoms with van der Waals surface area (Å²) in [5, 5.41) is 16.7. The molecule has 6 nitrogen and oxygen atoms in total. The van der Waals surface area contributed by atoms with Crippen LogP contribution in [0.15, 0.2) is 53.6 Å². The van der Waals surface area contributed by atoms with Crippen LogP contribution in [-0.2, 0) is 16.9 Å². The van der Waals surface area contributed by atoms with Gasteiger partial charge in [0, 0.05) is 24.1 Å². The molecule has 2 aliphatic rings. The summed E-state index contributed by atoms with van der Waals surface area (Å²) in [6.45, 7) is 2.04. The summed E-state index contributed by atoms with van der Waals surface area (Å²) in [5.74, 6) is 1.20. The van der Waals surface area contributed by atoms with Crippen LogP contribution in [-0.4, -0.2) is 28.5 Å². The normalized spacial score (nSPS) is 21.0. The van der Waals surface area contributed by atoms with E-state index in [2.05, 4.69) is 5.10 Å². The van der Waals surface area contributed by atoms with Crippen molar-refractivity contribution in [2.24, 2.45) is 5.10 Å². The Morgan fingerprint density at radius 3 is 2.77 bits per heavy atom. The van der Waals surface area contributed by atoms with Crippen molar-refractivity contribution in [2.45, 2.75) is 31.9 Å². The number of carbonyl (C=O) groups is 1. The predicted molar refractivity (Wildman–Crippen MR) is 95.8 cm³/mol. The van der Waals surface area contributed by atoms with Crippen LogP contribution in [0.5, 0.6) is 11.5 Å². The lowest BCUT2D eigenvalue weighted by molar-refractivity contribution is -0.157. The third-order valence-corrected chi connectivity index (χ3v) is 4.66. The number of fused-ring (bicyclic) bond motifs is 1. The first-order valence-electron chi connectivity index (χ1n) is 8.60. The van der Waals surface area contributed by atoms with E-state index in [1.807, 2.05) is 55.5 Å². The third kappa shape index (κ3) is 2.93. The molecule has 0 unspecified atom stereocenters. The molecule has 0 spiro atoms. The number of rotatable bonds is 4. The average molecular weight is 352 g/mol. The molecule has 0 bridgehead atoms. The highest BCUT2D eigenvalue weighted by atomic mass is 16.7. The van der Waals surface area contributed by atoms with Gasteiger partial charge in [-0.1, -0.05) is 36.4 Å². The average Bonchev–Trinajstić information content (AvgIpc) is 3.24. The van der Waals surface area contributed by atoms with E-state index in [0.29, 0.717) is 24.2 Å². The Bertz CT molecular complexity index is 865. The predicted octanol–water partition coefficient (Wildman–Crippen LogP) is 2.80. The molecule has 134 valence electrons. The highest BCUT2D eigenvalue weighted by Crippen LogP contribution is 2.36. The summed E-state index contributed by atoms with van der Waals surface area (Å²) in [4.78, 5) is 12.8. The molecular weight excluding hydrogens is 332 g/mol. The van der Waals surface area contributed by atoms with E-state index < -0.39 is 5.72 Å². The fourth-order valence-electron chi connectivity index (χ4n) is 3.37. The second kappa shape index (κ2) is 6.46. The zero-order chi connectivity index (χ0) is 18.1. The SMILES string of the molecule is CC1=NN(C(=O)CCc2ccc3c(c2)OCO3)[C@](O)(c2ccccc2)C1. The van der Waals surface area contributed by atoms with Crippen molar-refractivity contribution < 1.29 is 19.4 Å². The van der Waals surface area contributed by atoms with Gasteiger partial charge in [-0.15, -0.1) is 0 Å². The molecule has 0 saturated carbocycles. The van der Waals surface area contributed by atoms with E-state index in [-0.39, 0.29) is 19.1 Å². The fourth-order valence-corrected chi connectivity index (χ4v) is 3.37. The van der Waals surface area contributed by atoms with Crippen LogP contribution in [0.25, 0.3) is 0 Å². The number of benzene rings is 2. The van der Waals surface area contributed by atoms with Gasteiger partial charge in [-0.2, -0.15) is 10.1 Å². The first-order chi connectivity index (χ1) is 12.6. The van der Waals surface area contributed by atoms with Gasteiger partial charge in [0.05, 0.1) is 0 Å². The number of hydrogen-bond acceptors (Lipinski definition) is 5. The highest BCUT2D eigenvalue weighted by molar-refractivity contribution is 5.89. The Hall–Kier alpha value is -2.86. The van der Waals surface area contributed by atoms with Crippen LogP contribution in [0.1, 0.15) is 30.9 Å². The molecule has 4 rings (SSSR count). The van der Waals surface area contributed by atoms with Crippen molar-refractivity contribution in [1.29, 1.82) is 0 Å². The molecule has 2 aromatic rings. The maximum atomic E-state index is 12.8. The van der Waals surface area contributed by atoms with E-state index in [1.165, 1.54) is 5.01 Å². The lowest BCUT2D eigenvalue weighted by Crippen LogP contribution is -2.43. The van der Waals surface area contributed by atoms with Crippen molar-refractivity contribution in [1.82, 2.24) is 5.01 Å². The molecule has 1 N–H and O–H groups in total. The van der Waals surface area contributed by atoms with Gasteiger partial charge in [0.15, 0.2) is 17.2 Å². The quantitative estimate of drug-likeness (QED) is 0.918. The largest absolute Gasteiger partial charge is 0.454 e. The standard InChI is InChI=1S/C20H20N2O4/c1-14-12-20(24,16-5-3-2-4-6-16)22(21-14)19(23)10-8-15-7-9-17-18(11-15)26-13-25-17/h2-7,9,11,24H,8,10,12-13H2,1H3/t20-/m1/s1. The smallest absolute Gasteiger partial charge is 0.245 e. The number of carbonyl (C=O) groups excluding carboxylic acids is 1. The molecule has 0 saturated heterocycles. The minimum Gasteiger partial charge on any atom is -0.454 e. The second-order valence-electron chi connectivity index (χ2n) is 6.59. The van der Waals surface area contributed by atoms with Gasteiger partial charge in [-0.3, -0.25) is 4.79 Å². The van der Waals surface area contributed by atoms with Gasteiger partial charge in [0.2, 0.25) is 12.7 Å². The Labute approximate surface area is 151 Å². The molecule has 6 heteroatoms. The van der Waals surface area contributed by atoms with Gasteiger partial charge in [-0.05, 0) is 31.0 Å². The molecule has 2 aliphatic heterocycles. The van der Waals surface area contributed by atoms with Gasteiger partial charge in [0.1, 0.15) is 0 Å². The molecule has 0 aromatic heterocycles. The van der Waals surface area contributed by atoms with Crippen LogP contribution in [0.4, 0.5) is 0 Å². The first-order valence-corrected chi connectivity index (χ1v) is 8.60. The van der Waals surface area contributed by atoms with Crippen molar-refractivity contribution in [2.75, 3.05) is 6.79 Å². The molecular formula is C20H20N2O4. The zero-order valence-corrected chi connectivity index (χ0v) is 14.5. The van der Waals surface area contributed by atoms with Gasteiger partial charge < -0.3 is 14.6 Å². The number of amides is 1. The Balaban J connectivity index is 1.49. The first kappa shape index (κ1) is 16.6. The number of aliphatic hydroxyl groups is 1. The van der Waals surface area contributed by atoms with Crippen LogP contribution in [0.3, 0.4) is 0 Å². The molecule has 26 heavy (non-hydrogen) atoms. The minimum absolute atomic E-state index is 0.217. The van der Waals surface area contributed by atoms with Crippen LogP contribution in [0, 0.1) is 0 Å². The highest BCUT2D eigenvalue weighted by Gasteiger charge is 2.44. The maximum absolute atomic E-state index is 12.8. The van der Waals surface area contributed by atoms with Crippen molar-refractivity contribution in [3.8, 4) is 11.5 Å². The summed E-state index contributed by atoms with van der Waals surface area (Å²) >= 11 is 0. The summed E-state index contributed by atoms with van der Waals surface area (Å²) in [6, 6.07) is 14.8. The monoisotopic (exact) mass is 352 g/mol. The summed E-state index contributed by atoms with van der Waals surface area (Å²) < 4.78 is 10.7. The van der Waals surface area contributed by atoms with Gasteiger partial charge >= 0.3 is 0 Å². The Morgan fingerprint density at radius 1 is 1.19 bits per heavy atom. The van der Waals surface area contributed by atoms with Crippen molar-refractivity contribution in [3.05, 3.63) is 59.7 Å². The van der Waals surface area contributed by atoms with E-state index in [1.54, 1.807) is 0 Å². The number of hydrogen-bond donors (Lipinski definition) is 1. The lowest BCUT2D eigenvalue weighted by Gasteiger charge is -2.31. The summed E-state index contributed by atoms with van der Waals surface area (Å²) in [7, 11) is 0. The molecule has 1 amide bonds. The number of nitrogens with zero attached hydrogens (tertiary/aromatic N) is 2. The van der Waals surface area contributed by atoms with E-state index in [9.17, 15) is 9.90 Å². The van der Waals surface area contributed by atoms with Crippen LogP contribution in [0.2, 0.25) is 0 Å². The summed E-state index contributed by atoms with van der Waals surface area (Å²) in [5.41, 5.74) is 0.952. The van der Waals surface area contributed by atoms with Gasteiger partial charge in [-0.25, -0.2) is 0 Å². The molecule has 0 aliphatic carbocycles. The number of aryl methyl sites for hydroxylation is 1. The third-order valence-electron chi connectivity index (χ3n) is 4.66. The second-order valence-corrected chi connectivity index (χ2v) is 6.59. The van der Waals surface area contributed by atoms with E-state index >= 15 is 0 Å². The lowest BCUT2D eigenvalue weighted by atomic mass is 9.97. The van der Waals surface area contributed by atoms with Crippen molar-refractivity contribution >= 4 is 11.6 Å². The summed E-state index contributed by atoms with van der Waals surface area (Å²) in [6.07, 6.45) is 1.09. The Kier molecular flexibility index (Phi) is 4.12.